The number of terminal acetylenes is 2. The third kappa shape index (κ3) is 11.5. The van der Waals surface area contributed by atoms with E-state index in [1.165, 1.54) is 38.5 Å². The second kappa shape index (κ2) is 15.7. The first kappa shape index (κ1) is 28.0. The minimum Gasteiger partial charge on any atom is -0.492 e. The summed E-state index contributed by atoms with van der Waals surface area (Å²) in [6.07, 6.45) is 21.1. The maximum atomic E-state index is 6.04. The van der Waals surface area contributed by atoms with E-state index in [4.69, 9.17) is 22.3 Å². The first-order valence-corrected chi connectivity index (χ1v) is 12.6. The van der Waals surface area contributed by atoms with Crippen molar-refractivity contribution >= 4 is 0 Å². The lowest BCUT2D eigenvalue weighted by Crippen LogP contribution is -2.08. The number of hydrogen-bond donors (Lipinski definition) is 0. The molecule has 0 saturated carbocycles. The number of hydrogen-bond acceptors (Lipinski definition) is 2. The van der Waals surface area contributed by atoms with E-state index in [-0.39, 0.29) is 0 Å². The van der Waals surface area contributed by atoms with Gasteiger partial charge < -0.3 is 9.47 Å². The molecular weight excluding hydrogens is 392 g/mol. The SMILES string of the molecule is C#Cc1cc(OCC[C@@H](C)CCCC(C)C)c(C#C)cc1OCC[C@@H](C)CCCC(C)C. The largest absolute Gasteiger partial charge is 0.492 e. The van der Waals surface area contributed by atoms with Gasteiger partial charge in [0.05, 0.1) is 24.3 Å². The Bertz CT molecular complexity index is 669. The number of rotatable bonds is 16. The van der Waals surface area contributed by atoms with Gasteiger partial charge in [-0.3, -0.25) is 0 Å². The van der Waals surface area contributed by atoms with Crippen molar-refractivity contribution in [2.75, 3.05) is 13.2 Å². The van der Waals surface area contributed by atoms with Crippen molar-refractivity contribution in [3.63, 3.8) is 0 Å². The second-order valence-corrected chi connectivity index (χ2v) is 10.3. The molecular formula is C30H46O2. The molecule has 0 unspecified atom stereocenters. The van der Waals surface area contributed by atoms with Crippen molar-refractivity contribution in [3.05, 3.63) is 23.3 Å². The van der Waals surface area contributed by atoms with Crippen molar-refractivity contribution in [2.24, 2.45) is 23.7 Å². The maximum Gasteiger partial charge on any atom is 0.136 e. The van der Waals surface area contributed by atoms with Gasteiger partial charge in [0.1, 0.15) is 11.5 Å². The van der Waals surface area contributed by atoms with Gasteiger partial charge in [0, 0.05) is 12.1 Å². The standard InChI is InChI=1S/C30H46O2/c1-9-27-21-30(32-20-18-26(8)16-12-14-24(5)6)28(10-2)22-29(27)31-19-17-25(7)15-11-13-23(3)4/h1-2,21-26H,11-20H2,3-8H3/t25-,26-/m0/s1. The van der Waals surface area contributed by atoms with Crippen molar-refractivity contribution in [1.82, 2.24) is 0 Å². The highest BCUT2D eigenvalue weighted by Crippen LogP contribution is 2.29. The van der Waals surface area contributed by atoms with E-state index in [9.17, 15) is 0 Å². The van der Waals surface area contributed by atoms with Crippen molar-refractivity contribution < 1.29 is 9.47 Å². The van der Waals surface area contributed by atoms with Gasteiger partial charge in [0.15, 0.2) is 0 Å². The molecule has 0 aliphatic rings. The van der Waals surface area contributed by atoms with Gasteiger partial charge in [-0.2, -0.15) is 0 Å². The van der Waals surface area contributed by atoms with Crippen LogP contribution in [0.2, 0.25) is 0 Å². The Morgan fingerprint density at radius 2 is 1.00 bits per heavy atom. The Kier molecular flexibility index (Phi) is 13.7. The highest BCUT2D eigenvalue weighted by molar-refractivity contribution is 5.57. The van der Waals surface area contributed by atoms with Crippen LogP contribution in [-0.4, -0.2) is 13.2 Å². The summed E-state index contributed by atoms with van der Waals surface area (Å²) in [6.45, 7) is 15.0. The monoisotopic (exact) mass is 438 g/mol. The smallest absolute Gasteiger partial charge is 0.136 e. The summed E-state index contributed by atoms with van der Waals surface area (Å²) in [6, 6.07) is 3.72. The Labute approximate surface area is 198 Å². The molecule has 1 aromatic rings. The van der Waals surface area contributed by atoms with Gasteiger partial charge in [0.25, 0.3) is 0 Å². The fraction of sp³-hybridized carbons (Fsp3) is 0.667. The van der Waals surface area contributed by atoms with Gasteiger partial charge in [0.2, 0.25) is 0 Å². The predicted molar refractivity (Wildman–Crippen MR) is 138 cm³/mol. The lowest BCUT2D eigenvalue weighted by atomic mass is 9.97. The van der Waals surface area contributed by atoms with Crippen LogP contribution in [0.25, 0.3) is 0 Å². The van der Waals surface area contributed by atoms with E-state index in [1.807, 2.05) is 12.1 Å². The Hall–Kier alpha value is -2.06. The first-order chi connectivity index (χ1) is 15.3. The highest BCUT2D eigenvalue weighted by atomic mass is 16.5. The molecule has 0 amide bonds. The second-order valence-electron chi connectivity index (χ2n) is 10.3. The van der Waals surface area contributed by atoms with Crippen LogP contribution >= 0.6 is 0 Å². The van der Waals surface area contributed by atoms with Gasteiger partial charge in [-0.15, -0.1) is 12.8 Å². The average Bonchev–Trinajstić information content (AvgIpc) is 2.73. The summed E-state index contributed by atoms with van der Waals surface area (Å²) < 4.78 is 12.1. The molecule has 0 aliphatic carbocycles. The van der Waals surface area contributed by atoms with Crippen molar-refractivity contribution in [2.45, 2.75) is 92.9 Å². The molecule has 1 rings (SSSR count). The van der Waals surface area contributed by atoms with Crippen LogP contribution in [0.5, 0.6) is 11.5 Å². The molecule has 32 heavy (non-hydrogen) atoms. The molecule has 0 fully saturated rings. The minimum absolute atomic E-state index is 0.639. The number of ether oxygens (including phenoxy) is 2. The van der Waals surface area contributed by atoms with Crippen LogP contribution < -0.4 is 9.47 Å². The molecule has 0 aromatic heterocycles. The van der Waals surface area contributed by atoms with Crippen LogP contribution in [0.4, 0.5) is 0 Å². The topological polar surface area (TPSA) is 18.5 Å². The van der Waals surface area contributed by atoms with E-state index in [1.54, 1.807) is 0 Å². The van der Waals surface area contributed by atoms with Gasteiger partial charge >= 0.3 is 0 Å². The molecule has 2 atom stereocenters. The van der Waals surface area contributed by atoms with E-state index in [0.29, 0.717) is 47.7 Å². The van der Waals surface area contributed by atoms with E-state index in [2.05, 4.69) is 53.4 Å². The molecule has 2 heteroatoms. The fourth-order valence-corrected chi connectivity index (χ4v) is 3.80. The molecule has 0 saturated heterocycles. The molecule has 0 N–H and O–H groups in total. The summed E-state index contributed by atoms with van der Waals surface area (Å²) in [5.41, 5.74) is 1.41. The van der Waals surface area contributed by atoms with Crippen LogP contribution in [0.3, 0.4) is 0 Å². The van der Waals surface area contributed by atoms with E-state index in [0.717, 1.165) is 24.7 Å². The van der Waals surface area contributed by atoms with E-state index >= 15 is 0 Å². The summed E-state index contributed by atoms with van der Waals surface area (Å²) >= 11 is 0. The van der Waals surface area contributed by atoms with Crippen molar-refractivity contribution in [1.29, 1.82) is 0 Å². The third-order valence-corrected chi connectivity index (χ3v) is 6.09. The molecule has 0 bridgehead atoms. The van der Waals surface area contributed by atoms with Crippen molar-refractivity contribution in [3.8, 4) is 36.2 Å². The minimum atomic E-state index is 0.639. The summed E-state index contributed by atoms with van der Waals surface area (Å²) in [7, 11) is 0. The normalized spacial score (nSPS) is 12.9. The van der Waals surface area contributed by atoms with Gasteiger partial charge in [-0.1, -0.05) is 91.9 Å². The fourth-order valence-electron chi connectivity index (χ4n) is 3.80. The lowest BCUT2D eigenvalue weighted by molar-refractivity contribution is 0.268. The molecule has 0 aliphatic heterocycles. The molecule has 1 aromatic carbocycles. The molecule has 2 nitrogen and oxygen atoms in total. The van der Waals surface area contributed by atoms with Crippen LogP contribution in [0, 0.1) is 48.4 Å². The lowest BCUT2D eigenvalue weighted by Gasteiger charge is -2.17. The van der Waals surface area contributed by atoms with Crippen LogP contribution in [0.1, 0.15) is 104 Å². The Morgan fingerprint density at radius 3 is 1.31 bits per heavy atom. The predicted octanol–water partition coefficient (Wildman–Crippen LogP) is 8.11. The molecule has 0 heterocycles. The maximum absolute atomic E-state index is 6.04. The summed E-state index contributed by atoms with van der Waals surface area (Å²) in [4.78, 5) is 0. The highest BCUT2D eigenvalue weighted by Gasteiger charge is 2.12. The zero-order valence-corrected chi connectivity index (χ0v) is 21.5. The molecule has 0 radical (unpaired) electrons. The quantitative estimate of drug-likeness (QED) is 0.243. The van der Waals surface area contributed by atoms with Gasteiger partial charge in [-0.05, 0) is 36.5 Å². The molecule has 178 valence electrons. The summed E-state index contributed by atoms with van der Waals surface area (Å²) in [5.74, 6) is 9.66. The number of benzene rings is 1. The Morgan fingerprint density at radius 1 is 0.625 bits per heavy atom. The van der Waals surface area contributed by atoms with Gasteiger partial charge in [-0.25, -0.2) is 0 Å². The summed E-state index contributed by atoms with van der Waals surface area (Å²) in [5, 5.41) is 0. The Balaban J connectivity index is 2.57. The average molecular weight is 439 g/mol. The molecule has 0 spiro atoms. The van der Waals surface area contributed by atoms with Crippen LogP contribution in [-0.2, 0) is 0 Å². The van der Waals surface area contributed by atoms with E-state index < -0.39 is 0 Å². The zero-order valence-electron chi connectivity index (χ0n) is 21.5. The van der Waals surface area contributed by atoms with Crippen LogP contribution in [0.15, 0.2) is 12.1 Å². The third-order valence-electron chi connectivity index (χ3n) is 6.09. The first-order valence-electron chi connectivity index (χ1n) is 12.6. The zero-order chi connectivity index (χ0) is 23.9.